The van der Waals surface area contributed by atoms with E-state index in [0.29, 0.717) is 5.56 Å². The number of amides is 3. The van der Waals surface area contributed by atoms with Crippen LogP contribution in [-0.4, -0.2) is 53.8 Å². The van der Waals surface area contributed by atoms with Gasteiger partial charge in [-0.3, -0.25) is 14.4 Å². The number of hydrogen-bond donors (Lipinski definition) is 4. The Labute approximate surface area is 199 Å². The Morgan fingerprint density at radius 2 is 1.24 bits per heavy atom. The van der Waals surface area contributed by atoms with E-state index in [1.165, 1.54) is 33.8 Å². The fourth-order valence-electron chi connectivity index (χ4n) is 2.47. The number of benzene rings is 1. The fourth-order valence-corrected chi connectivity index (χ4v) is 2.47. The summed E-state index contributed by atoms with van der Waals surface area (Å²) >= 11 is 0. The van der Waals surface area contributed by atoms with Gasteiger partial charge < -0.3 is 31.2 Å². The van der Waals surface area contributed by atoms with Crippen molar-refractivity contribution in [2.75, 3.05) is 0 Å². The van der Waals surface area contributed by atoms with Crippen LogP contribution in [0.2, 0.25) is 0 Å². The maximum atomic E-state index is 12.6. The number of ether oxygens (including phenoxy) is 2. The molecule has 1 aromatic carbocycles. The van der Waals surface area contributed by atoms with Gasteiger partial charge in [0, 0.05) is 5.92 Å². The molecule has 0 aliphatic rings. The van der Waals surface area contributed by atoms with Crippen molar-refractivity contribution in [1.29, 1.82) is 0 Å². The number of rotatable bonds is 10. The average Bonchev–Trinajstić information content (AvgIpc) is 2.75. The van der Waals surface area contributed by atoms with Gasteiger partial charge in [-0.15, -0.1) is 0 Å². The molecule has 188 valence electrons. The molecular formula is C23H34N4O7. The number of para-hydroxylation sites is 1. The molecule has 0 bridgehead atoms. The standard InChI is InChI=1S/C23H34N4O7/c1-11(2)19(28)26-16(7)23(32)34-18-12(3)9-8-10-17(18)33-22(31)15(6)27-21(30)14(5)25-20(29)13(4)24/h8-11,13-16H,24H2,1-7H3,(H,25,29)(H,26,28)(H,27,30). The van der Waals surface area contributed by atoms with Gasteiger partial charge in [0.2, 0.25) is 17.7 Å². The second-order valence-electron chi connectivity index (χ2n) is 8.38. The third kappa shape index (κ3) is 8.47. The van der Waals surface area contributed by atoms with Gasteiger partial charge in [-0.2, -0.15) is 0 Å². The molecule has 0 aromatic heterocycles. The number of nitrogens with two attached hydrogens (primary N) is 1. The van der Waals surface area contributed by atoms with E-state index in [1.807, 2.05) is 0 Å². The molecule has 5 N–H and O–H groups in total. The molecular weight excluding hydrogens is 444 g/mol. The second kappa shape index (κ2) is 12.7. The van der Waals surface area contributed by atoms with Crippen molar-refractivity contribution in [3.63, 3.8) is 0 Å². The van der Waals surface area contributed by atoms with Gasteiger partial charge in [-0.1, -0.05) is 26.0 Å². The smallest absolute Gasteiger partial charge is 0.333 e. The van der Waals surface area contributed by atoms with Crippen molar-refractivity contribution >= 4 is 29.7 Å². The highest BCUT2D eigenvalue weighted by Gasteiger charge is 2.26. The topological polar surface area (TPSA) is 166 Å². The van der Waals surface area contributed by atoms with E-state index in [4.69, 9.17) is 15.2 Å². The van der Waals surface area contributed by atoms with Gasteiger partial charge in [0.25, 0.3) is 0 Å². The van der Waals surface area contributed by atoms with Crippen molar-refractivity contribution in [2.45, 2.75) is 72.6 Å². The Bertz CT molecular complexity index is 930. The van der Waals surface area contributed by atoms with Crippen LogP contribution in [0.25, 0.3) is 0 Å². The lowest BCUT2D eigenvalue weighted by molar-refractivity contribution is -0.141. The molecule has 4 unspecified atom stereocenters. The number of carbonyl (C=O) groups is 5. The molecule has 4 atom stereocenters. The zero-order valence-corrected chi connectivity index (χ0v) is 20.6. The number of esters is 2. The summed E-state index contributed by atoms with van der Waals surface area (Å²) in [6, 6.07) is 0.984. The maximum absolute atomic E-state index is 12.6. The molecule has 34 heavy (non-hydrogen) atoms. The van der Waals surface area contributed by atoms with Crippen LogP contribution < -0.4 is 31.2 Å². The van der Waals surface area contributed by atoms with Crippen LogP contribution in [0, 0.1) is 12.8 Å². The minimum Gasteiger partial charge on any atom is -0.421 e. The minimum atomic E-state index is -1.07. The molecule has 1 aromatic rings. The minimum absolute atomic E-state index is 0.0163. The van der Waals surface area contributed by atoms with Crippen LogP contribution in [-0.2, 0) is 24.0 Å². The SMILES string of the molecule is Cc1cccc(OC(=O)C(C)NC(=O)C(C)NC(=O)C(C)N)c1OC(=O)C(C)NC(=O)C(C)C. The molecule has 0 spiro atoms. The first kappa shape index (κ1) is 28.6. The Morgan fingerprint density at radius 1 is 0.735 bits per heavy atom. The van der Waals surface area contributed by atoms with Gasteiger partial charge >= 0.3 is 11.9 Å². The first-order valence-electron chi connectivity index (χ1n) is 10.9. The van der Waals surface area contributed by atoms with Crippen molar-refractivity contribution in [1.82, 2.24) is 16.0 Å². The molecule has 0 aliphatic carbocycles. The van der Waals surface area contributed by atoms with Crippen molar-refractivity contribution in [3.05, 3.63) is 23.8 Å². The molecule has 0 aliphatic heterocycles. The van der Waals surface area contributed by atoms with E-state index in [2.05, 4.69) is 16.0 Å². The fraction of sp³-hybridized carbons (Fsp3) is 0.522. The number of carbonyl (C=O) groups excluding carboxylic acids is 5. The Morgan fingerprint density at radius 3 is 1.76 bits per heavy atom. The molecule has 0 saturated heterocycles. The molecule has 11 heteroatoms. The van der Waals surface area contributed by atoms with Crippen molar-refractivity contribution in [3.8, 4) is 11.5 Å². The van der Waals surface area contributed by atoms with Gasteiger partial charge in [0.05, 0.1) is 6.04 Å². The van der Waals surface area contributed by atoms with Crippen LogP contribution in [0.4, 0.5) is 0 Å². The number of nitrogens with one attached hydrogen (secondary N) is 3. The van der Waals surface area contributed by atoms with E-state index < -0.39 is 47.9 Å². The third-order valence-electron chi connectivity index (χ3n) is 4.70. The molecule has 0 fully saturated rings. The van der Waals surface area contributed by atoms with Crippen LogP contribution in [0.3, 0.4) is 0 Å². The number of hydrogen-bond acceptors (Lipinski definition) is 8. The Kier molecular flexibility index (Phi) is 10.7. The van der Waals surface area contributed by atoms with E-state index >= 15 is 0 Å². The lowest BCUT2D eigenvalue weighted by atomic mass is 10.2. The van der Waals surface area contributed by atoms with Crippen molar-refractivity contribution in [2.24, 2.45) is 11.7 Å². The van der Waals surface area contributed by atoms with Crippen LogP contribution >= 0.6 is 0 Å². The Balaban J connectivity index is 2.86. The highest BCUT2D eigenvalue weighted by atomic mass is 16.6. The molecule has 0 radical (unpaired) electrons. The van der Waals surface area contributed by atoms with E-state index in [0.717, 1.165) is 0 Å². The third-order valence-corrected chi connectivity index (χ3v) is 4.70. The Hall–Kier alpha value is -3.47. The molecule has 1 rings (SSSR count). The predicted molar refractivity (Wildman–Crippen MR) is 124 cm³/mol. The normalized spacial score (nSPS) is 14.3. The van der Waals surface area contributed by atoms with Gasteiger partial charge in [0.1, 0.15) is 18.1 Å². The molecule has 3 amide bonds. The molecule has 11 nitrogen and oxygen atoms in total. The largest absolute Gasteiger partial charge is 0.421 e. The predicted octanol–water partition coefficient (Wildman–Crippen LogP) is 0.323. The summed E-state index contributed by atoms with van der Waals surface area (Å²) in [6.45, 7) is 10.9. The average molecular weight is 479 g/mol. The maximum Gasteiger partial charge on any atom is 0.333 e. The van der Waals surface area contributed by atoms with Crippen molar-refractivity contribution < 1.29 is 33.4 Å². The first-order chi connectivity index (χ1) is 15.7. The second-order valence-corrected chi connectivity index (χ2v) is 8.38. The zero-order chi connectivity index (χ0) is 26.2. The van der Waals surface area contributed by atoms with Gasteiger partial charge in [0.15, 0.2) is 11.5 Å². The molecule has 0 heterocycles. The monoisotopic (exact) mass is 478 g/mol. The summed E-state index contributed by atoms with van der Waals surface area (Å²) in [5.74, 6) is -3.30. The molecule has 0 saturated carbocycles. The van der Waals surface area contributed by atoms with Crippen LogP contribution in [0.1, 0.15) is 47.1 Å². The lowest BCUT2D eigenvalue weighted by Gasteiger charge is -2.20. The van der Waals surface area contributed by atoms with E-state index in [1.54, 1.807) is 32.9 Å². The summed E-state index contributed by atoms with van der Waals surface area (Å²) in [4.78, 5) is 60.8. The first-order valence-corrected chi connectivity index (χ1v) is 10.9. The van der Waals surface area contributed by atoms with Gasteiger partial charge in [-0.25, -0.2) is 9.59 Å². The summed E-state index contributed by atoms with van der Waals surface area (Å²) < 4.78 is 10.8. The van der Waals surface area contributed by atoms with Crippen LogP contribution in [0.5, 0.6) is 11.5 Å². The quantitative estimate of drug-likeness (QED) is 0.276. The highest BCUT2D eigenvalue weighted by molar-refractivity contribution is 5.92. The number of aryl methyl sites for hydroxylation is 1. The lowest BCUT2D eigenvalue weighted by Crippen LogP contribution is -2.52. The summed E-state index contributed by atoms with van der Waals surface area (Å²) in [5.41, 5.74) is 5.98. The van der Waals surface area contributed by atoms with Crippen LogP contribution in [0.15, 0.2) is 18.2 Å². The summed E-state index contributed by atoms with van der Waals surface area (Å²) in [5, 5.41) is 7.41. The van der Waals surface area contributed by atoms with E-state index in [9.17, 15) is 24.0 Å². The summed E-state index contributed by atoms with van der Waals surface area (Å²) in [7, 11) is 0. The zero-order valence-electron chi connectivity index (χ0n) is 20.6. The van der Waals surface area contributed by atoms with Gasteiger partial charge in [-0.05, 0) is 46.2 Å². The highest BCUT2D eigenvalue weighted by Crippen LogP contribution is 2.31. The summed E-state index contributed by atoms with van der Waals surface area (Å²) in [6.07, 6.45) is 0. The van der Waals surface area contributed by atoms with E-state index in [-0.39, 0.29) is 23.3 Å².